The molecule has 0 radical (unpaired) electrons. The van der Waals surface area contributed by atoms with E-state index in [4.69, 9.17) is 14.2 Å². The highest BCUT2D eigenvalue weighted by Crippen LogP contribution is 2.89. The van der Waals surface area contributed by atoms with Gasteiger partial charge in [0.05, 0.1) is 23.9 Å². The summed E-state index contributed by atoms with van der Waals surface area (Å²) in [6, 6.07) is 0. The Labute approximate surface area is 278 Å². The number of rotatable bonds is 5. The number of hydrogen-bond donors (Lipinski definition) is 2. The van der Waals surface area contributed by atoms with E-state index in [9.17, 15) is 15.0 Å². The fraction of sp³-hybridized carbons (Fsp3) is 0.974. The van der Waals surface area contributed by atoms with Gasteiger partial charge in [0.25, 0.3) is 0 Å². The molecule has 8 nitrogen and oxygen atoms in total. The van der Waals surface area contributed by atoms with Gasteiger partial charge >= 0.3 is 6.09 Å². The minimum absolute atomic E-state index is 0.00535. The number of ether oxygens (including phenoxy) is 3. The minimum atomic E-state index is -1.02. The second-order valence-electron chi connectivity index (χ2n) is 18.7. The molecule has 262 valence electrons. The third-order valence-electron chi connectivity index (χ3n) is 16.2. The minimum Gasteiger partial charge on any atom is -0.446 e. The number of fused-ring (bicyclic) bond motifs is 4. The first-order valence-corrected chi connectivity index (χ1v) is 18.8. The Morgan fingerprint density at radius 1 is 1.00 bits per heavy atom. The van der Waals surface area contributed by atoms with Crippen LogP contribution in [0.15, 0.2) is 0 Å². The molecule has 0 bridgehead atoms. The normalized spacial score (nSPS) is 50.4. The first-order chi connectivity index (χ1) is 21.5. The molecule has 0 aromatic carbocycles. The molecule has 8 heteroatoms. The van der Waals surface area contributed by atoms with Crippen molar-refractivity contribution in [3.05, 3.63) is 0 Å². The van der Waals surface area contributed by atoms with E-state index in [0.717, 1.165) is 64.7 Å². The maximum atomic E-state index is 13.3. The van der Waals surface area contributed by atoms with Gasteiger partial charge in [-0.05, 0) is 119 Å². The highest BCUT2D eigenvalue weighted by atomic mass is 16.6. The van der Waals surface area contributed by atoms with Crippen LogP contribution in [-0.4, -0.2) is 102 Å². The van der Waals surface area contributed by atoms with Gasteiger partial charge in [-0.2, -0.15) is 0 Å². The summed E-state index contributed by atoms with van der Waals surface area (Å²) in [7, 11) is 2.11. The lowest BCUT2D eigenvalue weighted by Crippen LogP contribution is -2.60. The van der Waals surface area contributed by atoms with Crippen molar-refractivity contribution in [1.29, 1.82) is 0 Å². The Kier molecular flexibility index (Phi) is 7.87. The Hall–Kier alpha value is -0.930. The summed E-state index contributed by atoms with van der Waals surface area (Å²) >= 11 is 0. The number of carbonyl (C=O) groups excluding carboxylic acids is 1. The maximum Gasteiger partial charge on any atom is 0.410 e. The van der Waals surface area contributed by atoms with Gasteiger partial charge in [0.2, 0.25) is 0 Å². The van der Waals surface area contributed by atoms with Gasteiger partial charge in [-0.25, -0.2) is 4.79 Å². The summed E-state index contributed by atoms with van der Waals surface area (Å²) in [4.78, 5) is 17.5. The monoisotopic (exact) mass is 644 g/mol. The lowest BCUT2D eigenvalue weighted by atomic mass is 9.41. The summed E-state index contributed by atoms with van der Waals surface area (Å²) in [5, 5.41) is 23.6. The van der Waals surface area contributed by atoms with Crippen LogP contribution in [0.4, 0.5) is 4.79 Å². The molecular weight excluding hydrogens is 580 g/mol. The van der Waals surface area contributed by atoms with Crippen molar-refractivity contribution in [2.45, 2.75) is 143 Å². The first kappa shape index (κ1) is 33.6. The quantitative estimate of drug-likeness (QED) is 0.395. The Bertz CT molecular complexity index is 1200. The maximum absolute atomic E-state index is 13.3. The lowest BCUT2D eigenvalue weighted by molar-refractivity contribution is -0.215. The molecule has 2 N–H and O–H groups in total. The van der Waals surface area contributed by atoms with Gasteiger partial charge in [0.15, 0.2) is 0 Å². The molecule has 2 aliphatic heterocycles. The number of hydrogen-bond acceptors (Lipinski definition) is 7. The molecule has 2 saturated heterocycles. The van der Waals surface area contributed by atoms with E-state index in [2.05, 4.69) is 46.6 Å². The Morgan fingerprint density at radius 2 is 1.65 bits per heavy atom. The van der Waals surface area contributed by atoms with Crippen LogP contribution < -0.4 is 0 Å². The van der Waals surface area contributed by atoms with Crippen LogP contribution in [0.3, 0.4) is 0 Å². The molecule has 46 heavy (non-hydrogen) atoms. The van der Waals surface area contributed by atoms with Crippen LogP contribution in [0.2, 0.25) is 0 Å². The van der Waals surface area contributed by atoms with Gasteiger partial charge in [0.1, 0.15) is 12.2 Å². The van der Waals surface area contributed by atoms with E-state index in [-0.39, 0.29) is 51.5 Å². The van der Waals surface area contributed by atoms with Crippen LogP contribution in [-0.2, 0) is 14.2 Å². The molecule has 2 spiro atoms. The number of aliphatic hydroxyl groups is 2. The van der Waals surface area contributed by atoms with Crippen molar-refractivity contribution in [3.63, 3.8) is 0 Å². The van der Waals surface area contributed by atoms with Gasteiger partial charge < -0.3 is 34.2 Å². The smallest absolute Gasteiger partial charge is 0.410 e. The number of piperazine rings is 1. The molecule has 1 amide bonds. The van der Waals surface area contributed by atoms with Crippen molar-refractivity contribution in [2.75, 3.05) is 39.8 Å². The summed E-state index contributed by atoms with van der Waals surface area (Å²) in [6.07, 6.45) is 7.20. The second-order valence-corrected chi connectivity index (χ2v) is 18.7. The average molecular weight is 645 g/mol. The fourth-order valence-corrected chi connectivity index (χ4v) is 13.8. The molecule has 7 aliphatic rings. The number of aliphatic hydroxyl groups excluding tert-OH is 1. The van der Waals surface area contributed by atoms with Gasteiger partial charge in [-0.1, -0.05) is 34.6 Å². The van der Waals surface area contributed by atoms with E-state index in [1.54, 1.807) is 0 Å². The van der Waals surface area contributed by atoms with E-state index < -0.39 is 17.8 Å². The third kappa shape index (κ3) is 4.37. The number of nitrogens with zero attached hydrogens (tertiary/aromatic N) is 2. The highest BCUT2D eigenvalue weighted by Gasteiger charge is 2.84. The van der Waals surface area contributed by atoms with Gasteiger partial charge in [-0.15, -0.1) is 0 Å². The van der Waals surface area contributed by atoms with Crippen molar-refractivity contribution >= 4 is 6.09 Å². The highest BCUT2D eigenvalue weighted by molar-refractivity contribution is 5.68. The summed E-state index contributed by atoms with van der Waals surface area (Å²) in [6.45, 7) is 21.5. The largest absolute Gasteiger partial charge is 0.446 e. The molecule has 2 heterocycles. The number of amides is 1. The van der Waals surface area contributed by atoms with E-state index in [1.807, 2.05) is 25.7 Å². The fourth-order valence-electron chi connectivity index (χ4n) is 13.8. The zero-order valence-electron chi connectivity index (χ0n) is 30.3. The lowest BCUT2D eigenvalue weighted by Gasteiger charge is -2.63. The van der Waals surface area contributed by atoms with Crippen LogP contribution >= 0.6 is 0 Å². The van der Waals surface area contributed by atoms with Crippen LogP contribution in [0.1, 0.15) is 107 Å². The van der Waals surface area contributed by atoms with Gasteiger partial charge in [-0.3, -0.25) is 0 Å². The number of likely N-dealkylation sites (N-methyl/N-ethyl adjacent to an activating group) is 1. The predicted molar refractivity (Wildman–Crippen MR) is 177 cm³/mol. The SMILES string of the molecule is CCOC(C1CC(C)C2C(O1)C(O)C1(C)C3CCC4C(C)(C)C(OC(=O)N5CCN(C)CC5)CCC45CC35CCC21C)C(C)(C)O. The molecule has 0 aromatic heterocycles. The van der Waals surface area contributed by atoms with E-state index in [0.29, 0.717) is 30.3 Å². The molecule has 0 aromatic rings. The van der Waals surface area contributed by atoms with Crippen molar-refractivity contribution in [3.8, 4) is 0 Å². The summed E-state index contributed by atoms with van der Waals surface area (Å²) in [5.41, 5.74) is -0.798. The molecule has 5 aliphatic carbocycles. The van der Waals surface area contributed by atoms with Crippen LogP contribution in [0.25, 0.3) is 0 Å². The van der Waals surface area contributed by atoms with Crippen molar-refractivity contribution < 1.29 is 29.2 Å². The molecular formula is C38H64N2O6. The van der Waals surface area contributed by atoms with Gasteiger partial charge in [0, 0.05) is 43.6 Å². The summed E-state index contributed by atoms with van der Waals surface area (Å²) < 4.78 is 19.4. The first-order valence-electron chi connectivity index (χ1n) is 18.8. The zero-order chi connectivity index (χ0) is 33.2. The second kappa shape index (κ2) is 10.8. The predicted octanol–water partition coefficient (Wildman–Crippen LogP) is 5.73. The number of carbonyl (C=O) groups is 1. The zero-order valence-corrected chi connectivity index (χ0v) is 30.3. The van der Waals surface area contributed by atoms with E-state index >= 15 is 0 Å². The third-order valence-corrected chi connectivity index (χ3v) is 16.2. The molecule has 13 atom stereocenters. The summed E-state index contributed by atoms with van der Waals surface area (Å²) in [5.74, 6) is 1.65. The molecule has 5 saturated carbocycles. The topological polar surface area (TPSA) is 91.7 Å². The van der Waals surface area contributed by atoms with Crippen molar-refractivity contribution in [2.24, 2.45) is 50.7 Å². The van der Waals surface area contributed by atoms with Crippen molar-refractivity contribution in [1.82, 2.24) is 9.80 Å². The average Bonchev–Trinajstić information content (AvgIpc) is 3.61. The molecule has 7 rings (SSSR count). The van der Waals surface area contributed by atoms with Crippen LogP contribution in [0, 0.1) is 50.7 Å². The Morgan fingerprint density at radius 3 is 2.30 bits per heavy atom. The Balaban J connectivity index is 1.13. The van der Waals surface area contributed by atoms with E-state index in [1.165, 1.54) is 12.8 Å². The van der Waals surface area contributed by atoms with Crippen LogP contribution in [0.5, 0.6) is 0 Å². The molecule has 7 fully saturated rings. The standard InChI is InChI=1S/C38H64N2O6/c1-10-44-31(34(5,6)43)24-21-23(2)28-29(45-24)30(41)36(8)26-12-11-25-33(3,4)27(46-32(42)40-19-17-39(9)18-20-40)13-14-37(25)22-38(26,37)16-15-35(28,36)7/h23-31,41,43H,10-22H2,1-9H3. The molecule has 13 unspecified atom stereocenters.